The highest BCUT2D eigenvalue weighted by molar-refractivity contribution is 7.98. The largest absolute Gasteiger partial charge is 0.465 e. The van der Waals surface area contributed by atoms with Gasteiger partial charge < -0.3 is 18.6 Å². The van der Waals surface area contributed by atoms with E-state index in [0.717, 1.165) is 16.5 Å². The van der Waals surface area contributed by atoms with Crippen LogP contribution in [0.2, 0.25) is 0 Å². The van der Waals surface area contributed by atoms with Gasteiger partial charge in [-0.15, -0.1) is 10.2 Å². The molecule has 8 heteroatoms. The second-order valence-electron chi connectivity index (χ2n) is 5.58. The number of H-pyrrole nitrogens is 1. The van der Waals surface area contributed by atoms with Crippen LogP contribution in [0.25, 0.3) is 22.4 Å². The zero-order valence-electron chi connectivity index (χ0n) is 14.1. The van der Waals surface area contributed by atoms with E-state index in [1.165, 1.54) is 18.9 Å². The Morgan fingerprint density at radius 2 is 2.12 bits per heavy atom. The molecule has 0 saturated heterocycles. The first-order valence-electron chi connectivity index (χ1n) is 7.86. The maximum Gasteiger partial charge on any atom is 0.341 e. The first-order valence-corrected chi connectivity index (χ1v) is 8.84. The van der Waals surface area contributed by atoms with Crippen molar-refractivity contribution in [2.45, 2.75) is 17.9 Å². The van der Waals surface area contributed by atoms with Gasteiger partial charge in [-0.2, -0.15) is 0 Å². The maximum atomic E-state index is 11.6. The molecule has 1 N–H and O–H groups in total. The van der Waals surface area contributed by atoms with E-state index in [1.54, 1.807) is 13.0 Å². The fourth-order valence-electron chi connectivity index (χ4n) is 2.69. The lowest BCUT2D eigenvalue weighted by Gasteiger charge is -1.93. The van der Waals surface area contributed by atoms with Crippen molar-refractivity contribution in [3.63, 3.8) is 0 Å². The van der Waals surface area contributed by atoms with E-state index in [2.05, 4.69) is 15.2 Å². The van der Waals surface area contributed by atoms with Crippen LogP contribution in [0.15, 0.2) is 50.6 Å². The van der Waals surface area contributed by atoms with E-state index in [-0.39, 0.29) is 0 Å². The van der Waals surface area contributed by atoms with Gasteiger partial charge in [0.1, 0.15) is 17.1 Å². The fourth-order valence-corrected chi connectivity index (χ4v) is 3.33. The Kier molecular flexibility index (Phi) is 4.26. The molecular weight excluding hydrogens is 354 g/mol. The highest BCUT2D eigenvalue weighted by atomic mass is 32.2. The number of ether oxygens (including phenoxy) is 1. The molecule has 3 aromatic heterocycles. The van der Waals surface area contributed by atoms with Gasteiger partial charge in [0.2, 0.25) is 0 Å². The Hall–Kier alpha value is -3.00. The van der Waals surface area contributed by atoms with Crippen molar-refractivity contribution in [3.05, 3.63) is 53.6 Å². The molecule has 0 aliphatic heterocycles. The van der Waals surface area contributed by atoms with Crippen LogP contribution in [-0.4, -0.2) is 28.3 Å². The molecule has 0 aliphatic rings. The van der Waals surface area contributed by atoms with Crippen molar-refractivity contribution >= 4 is 28.6 Å². The molecule has 3 heterocycles. The summed E-state index contributed by atoms with van der Waals surface area (Å²) in [4.78, 5) is 14.8. The smallest absolute Gasteiger partial charge is 0.341 e. The van der Waals surface area contributed by atoms with Gasteiger partial charge in [-0.3, -0.25) is 0 Å². The summed E-state index contributed by atoms with van der Waals surface area (Å²) in [6.45, 7) is 1.72. The first-order chi connectivity index (χ1) is 12.7. The lowest BCUT2D eigenvalue weighted by molar-refractivity contribution is 0.0599. The van der Waals surface area contributed by atoms with E-state index in [1.807, 2.05) is 30.5 Å². The number of nitrogens with one attached hydrogen (secondary N) is 1. The van der Waals surface area contributed by atoms with E-state index in [4.69, 9.17) is 13.6 Å². The molecule has 0 amide bonds. The first kappa shape index (κ1) is 16.5. The number of aryl methyl sites for hydroxylation is 1. The molecule has 0 fully saturated rings. The van der Waals surface area contributed by atoms with Gasteiger partial charge in [0.25, 0.3) is 11.1 Å². The Morgan fingerprint density at radius 1 is 1.27 bits per heavy atom. The lowest BCUT2D eigenvalue weighted by atomic mass is 10.2. The number of carbonyl (C=O) groups excluding carboxylic acids is 1. The predicted octanol–water partition coefficient (Wildman–Crippen LogP) is 4.20. The maximum absolute atomic E-state index is 11.6. The Labute approximate surface area is 152 Å². The zero-order chi connectivity index (χ0) is 18.1. The van der Waals surface area contributed by atoms with E-state index < -0.39 is 5.97 Å². The Bertz CT molecular complexity index is 1080. The number of benzene rings is 1. The van der Waals surface area contributed by atoms with Gasteiger partial charge in [0.15, 0.2) is 0 Å². The summed E-state index contributed by atoms with van der Waals surface area (Å²) < 4.78 is 16.1. The van der Waals surface area contributed by atoms with Gasteiger partial charge in [0, 0.05) is 17.1 Å². The molecule has 26 heavy (non-hydrogen) atoms. The molecule has 0 bridgehead atoms. The number of carbonyl (C=O) groups is 1. The fraction of sp³-hybridized carbons (Fsp3) is 0.167. The summed E-state index contributed by atoms with van der Waals surface area (Å²) >= 11 is 1.34. The van der Waals surface area contributed by atoms with Crippen LogP contribution in [-0.2, 0) is 10.5 Å². The number of esters is 1. The third-order valence-corrected chi connectivity index (χ3v) is 4.78. The number of thioether (sulfide) groups is 1. The summed E-state index contributed by atoms with van der Waals surface area (Å²) in [5.74, 6) is 1.67. The van der Waals surface area contributed by atoms with Crippen molar-refractivity contribution < 1.29 is 18.4 Å². The average Bonchev–Trinajstić information content (AvgIpc) is 3.37. The molecule has 1 aromatic carbocycles. The standard InChI is InChI=1S/C18H15N3O4S/c1-10-13(17(22)23-2)7-11(24-10)9-26-18-21-20-16(25-18)14-8-19-15-6-4-3-5-12(14)15/h3-8,19H,9H2,1-2H3. The average molecular weight is 369 g/mol. The SMILES string of the molecule is COC(=O)c1cc(CSc2nnc(-c3c[nH]c4ccccc34)o2)oc1C. The van der Waals surface area contributed by atoms with E-state index >= 15 is 0 Å². The summed E-state index contributed by atoms with van der Waals surface area (Å²) in [7, 11) is 1.34. The zero-order valence-corrected chi connectivity index (χ0v) is 14.9. The highest BCUT2D eigenvalue weighted by Gasteiger charge is 2.17. The van der Waals surface area contributed by atoms with Crippen LogP contribution < -0.4 is 0 Å². The number of methoxy groups -OCH3 is 1. The minimum atomic E-state index is -0.415. The molecule has 0 spiro atoms. The van der Waals surface area contributed by atoms with Crippen molar-refractivity contribution in [1.82, 2.24) is 15.2 Å². The highest BCUT2D eigenvalue weighted by Crippen LogP contribution is 2.31. The quantitative estimate of drug-likeness (QED) is 0.416. The van der Waals surface area contributed by atoms with Crippen LogP contribution in [0.3, 0.4) is 0 Å². The molecule has 4 aromatic rings. The van der Waals surface area contributed by atoms with Crippen LogP contribution in [0.5, 0.6) is 0 Å². The Balaban J connectivity index is 1.50. The number of hydrogen-bond donors (Lipinski definition) is 1. The number of hydrogen-bond acceptors (Lipinski definition) is 7. The van der Waals surface area contributed by atoms with Crippen LogP contribution >= 0.6 is 11.8 Å². The minimum absolute atomic E-state index is 0.415. The van der Waals surface area contributed by atoms with Gasteiger partial charge in [-0.25, -0.2) is 4.79 Å². The number of fused-ring (bicyclic) bond motifs is 1. The molecule has 7 nitrogen and oxygen atoms in total. The number of para-hydroxylation sites is 1. The summed E-state index contributed by atoms with van der Waals surface area (Å²) in [6.07, 6.45) is 1.85. The van der Waals surface area contributed by atoms with Crippen LogP contribution in [0.4, 0.5) is 0 Å². The third kappa shape index (κ3) is 2.99. The lowest BCUT2D eigenvalue weighted by Crippen LogP contribution is -2.00. The molecule has 0 aliphatic carbocycles. The summed E-state index contributed by atoms with van der Waals surface area (Å²) in [5.41, 5.74) is 2.30. The molecule has 0 atom stereocenters. The monoisotopic (exact) mass is 369 g/mol. The molecule has 4 rings (SSSR count). The van der Waals surface area contributed by atoms with Gasteiger partial charge >= 0.3 is 5.97 Å². The van der Waals surface area contributed by atoms with Crippen molar-refractivity contribution in [2.75, 3.05) is 7.11 Å². The van der Waals surface area contributed by atoms with Crippen LogP contribution in [0.1, 0.15) is 21.9 Å². The second kappa shape index (κ2) is 6.72. The van der Waals surface area contributed by atoms with Crippen LogP contribution in [0, 0.1) is 6.92 Å². The normalized spacial score (nSPS) is 11.2. The number of nitrogens with zero attached hydrogens (tertiary/aromatic N) is 2. The molecule has 132 valence electrons. The summed E-state index contributed by atoms with van der Waals surface area (Å²) in [6, 6.07) is 9.59. The van der Waals surface area contributed by atoms with Gasteiger partial charge in [-0.1, -0.05) is 30.0 Å². The topological polar surface area (TPSA) is 94.2 Å². The molecular formula is C18H15N3O4S. The Morgan fingerprint density at radius 3 is 2.96 bits per heavy atom. The van der Waals surface area contributed by atoms with Crippen molar-refractivity contribution in [3.8, 4) is 11.5 Å². The summed E-state index contributed by atoms with van der Waals surface area (Å²) in [5, 5.41) is 9.65. The minimum Gasteiger partial charge on any atom is -0.465 e. The van der Waals surface area contributed by atoms with Crippen molar-refractivity contribution in [1.29, 1.82) is 0 Å². The van der Waals surface area contributed by atoms with Crippen molar-refractivity contribution in [2.24, 2.45) is 0 Å². The second-order valence-corrected chi connectivity index (χ2v) is 6.51. The predicted molar refractivity (Wildman–Crippen MR) is 95.9 cm³/mol. The molecule has 0 saturated carbocycles. The van der Waals surface area contributed by atoms with E-state index in [9.17, 15) is 4.79 Å². The molecule has 0 radical (unpaired) electrons. The number of rotatable bonds is 5. The number of furan rings is 1. The van der Waals surface area contributed by atoms with Gasteiger partial charge in [-0.05, 0) is 19.1 Å². The molecule has 0 unspecified atom stereocenters. The van der Waals surface area contributed by atoms with Gasteiger partial charge in [0.05, 0.1) is 18.4 Å². The van der Waals surface area contributed by atoms with E-state index in [0.29, 0.717) is 34.0 Å². The third-order valence-electron chi connectivity index (χ3n) is 3.94. The number of aromatic amines is 1. The number of aromatic nitrogens is 3.